The molecule has 3 aromatic rings. The fourth-order valence-corrected chi connectivity index (χ4v) is 2.78. The summed E-state index contributed by atoms with van der Waals surface area (Å²) >= 11 is 0. The molecule has 0 unspecified atom stereocenters. The minimum absolute atomic E-state index is 0.0486. The van der Waals surface area contributed by atoms with Crippen molar-refractivity contribution in [2.24, 2.45) is 0 Å². The van der Waals surface area contributed by atoms with Gasteiger partial charge in [-0.15, -0.1) is 0 Å². The number of nitro benzene ring substituents is 1. The lowest BCUT2D eigenvalue weighted by molar-refractivity contribution is -0.384. The third-order valence-corrected chi connectivity index (χ3v) is 3.95. The Bertz CT molecular complexity index is 937. The molecule has 0 aliphatic carbocycles. The molecule has 1 aromatic heterocycles. The number of ether oxygens (including phenoxy) is 1. The van der Waals surface area contributed by atoms with Crippen LogP contribution in [0.4, 0.5) is 10.5 Å². The van der Waals surface area contributed by atoms with Gasteiger partial charge in [-0.3, -0.25) is 10.1 Å². The maximum atomic E-state index is 11.1. The number of nitrogens with zero attached hydrogens (tertiary/aromatic N) is 1. The monoisotopic (exact) mass is 355 g/mol. The smallest absolute Gasteiger partial charge is 0.405 e. The van der Waals surface area contributed by atoms with E-state index < -0.39 is 17.1 Å². The van der Waals surface area contributed by atoms with Crippen molar-refractivity contribution in [1.29, 1.82) is 0 Å². The summed E-state index contributed by atoms with van der Waals surface area (Å²) in [7, 11) is 0. The van der Waals surface area contributed by atoms with Crippen molar-refractivity contribution in [2.75, 3.05) is 6.61 Å². The van der Waals surface area contributed by atoms with Crippen LogP contribution in [-0.2, 0) is 6.42 Å². The largest absolute Gasteiger partial charge is 0.491 e. The van der Waals surface area contributed by atoms with Crippen molar-refractivity contribution in [1.82, 2.24) is 10.3 Å². The van der Waals surface area contributed by atoms with Gasteiger partial charge in [0.2, 0.25) is 0 Å². The number of benzene rings is 2. The molecule has 1 atom stereocenters. The van der Waals surface area contributed by atoms with Gasteiger partial charge in [-0.25, -0.2) is 4.79 Å². The van der Waals surface area contributed by atoms with Crippen molar-refractivity contribution in [3.63, 3.8) is 0 Å². The number of nitrogens with one attached hydrogen (secondary N) is 2. The number of hydrogen-bond acceptors (Lipinski definition) is 4. The first kappa shape index (κ1) is 17.3. The standard InChI is InChI=1S/C18H17N3O5/c22-18(23)20-13(8-12-10-19-17-7-2-1-6-16(12)17)11-26-15-5-3-4-14(9-15)21(24)25/h1-7,9-10,13,19-20H,8,11H2,(H,22,23)/t13-/m0/s1. The number of aromatic nitrogens is 1. The summed E-state index contributed by atoms with van der Waals surface area (Å²) in [5.74, 6) is 0.315. The second-order valence-electron chi connectivity index (χ2n) is 5.78. The average Bonchev–Trinajstić information content (AvgIpc) is 3.02. The molecule has 0 saturated heterocycles. The summed E-state index contributed by atoms with van der Waals surface area (Å²) in [6, 6.07) is 13.0. The van der Waals surface area contributed by atoms with Gasteiger partial charge in [0, 0.05) is 23.2 Å². The molecule has 0 fully saturated rings. The van der Waals surface area contributed by atoms with E-state index in [1.54, 1.807) is 6.07 Å². The van der Waals surface area contributed by atoms with Crippen LogP contribution in [0.15, 0.2) is 54.7 Å². The van der Waals surface area contributed by atoms with Crippen LogP contribution in [0.1, 0.15) is 5.56 Å². The van der Waals surface area contributed by atoms with Crippen LogP contribution in [0.2, 0.25) is 0 Å². The summed E-state index contributed by atoms with van der Waals surface area (Å²) in [5.41, 5.74) is 1.85. The molecule has 2 aromatic carbocycles. The zero-order valence-corrected chi connectivity index (χ0v) is 13.7. The number of amides is 1. The van der Waals surface area contributed by atoms with Crippen molar-refractivity contribution in [3.8, 4) is 5.75 Å². The van der Waals surface area contributed by atoms with Gasteiger partial charge in [0.15, 0.2) is 0 Å². The SMILES string of the molecule is O=C(O)N[C@H](COc1cccc([N+](=O)[O-])c1)Cc1c[nH]c2ccccc12. The van der Waals surface area contributed by atoms with E-state index in [4.69, 9.17) is 9.84 Å². The molecule has 26 heavy (non-hydrogen) atoms. The van der Waals surface area contributed by atoms with Gasteiger partial charge >= 0.3 is 6.09 Å². The molecular formula is C18H17N3O5. The predicted molar refractivity (Wildman–Crippen MR) is 95.5 cm³/mol. The second-order valence-corrected chi connectivity index (χ2v) is 5.78. The number of para-hydroxylation sites is 1. The Morgan fingerprint density at radius 3 is 2.85 bits per heavy atom. The van der Waals surface area contributed by atoms with Crippen molar-refractivity contribution in [2.45, 2.75) is 12.5 Å². The van der Waals surface area contributed by atoms with Gasteiger partial charge < -0.3 is 20.1 Å². The number of nitro groups is 1. The minimum atomic E-state index is -1.16. The first-order valence-corrected chi connectivity index (χ1v) is 7.94. The Balaban J connectivity index is 1.73. The number of carboxylic acid groups (broad SMARTS) is 1. The first-order valence-electron chi connectivity index (χ1n) is 7.94. The lowest BCUT2D eigenvalue weighted by Gasteiger charge is -2.17. The summed E-state index contributed by atoms with van der Waals surface area (Å²) in [6.07, 6.45) is 1.11. The summed E-state index contributed by atoms with van der Waals surface area (Å²) in [5, 5.41) is 23.4. The lowest BCUT2D eigenvalue weighted by atomic mass is 10.1. The lowest BCUT2D eigenvalue weighted by Crippen LogP contribution is -2.39. The van der Waals surface area contributed by atoms with Gasteiger partial charge in [-0.2, -0.15) is 0 Å². The number of hydrogen-bond donors (Lipinski definition) is 3. The van der Waals surface area contributed by atoms with E-state index in [0.29, 0.717) is 12.2 Å². The highest BCUT2D eigenvalue weighted by molar-refractivity contribution is 5.83. The maximum absolute atomic E-state index is 11.1. The molecule has 1 amide bonds. The van der Waals surface area contributed by atoms with Crippen LogP contribution in [0.3, 0.4) is 0 Å². The Morgan fingerprint density at radius 1 is 1.27 bits per heavy atom. The molecule has 0 radical (unpaired) electrons. The highest BCUT2D eigenvalue weighted by Gasteiger charge is 2.16. The number of aromatic amines is 1. The molecule has 8 heteroatoms. The molecule has 0 saturated carbocycles. The molecule has 3 N–H and O–H groups in total. The predicted octanol–water partition coefficient (Wildman–Crippen LogP) is 3.33. The van der Waals surface area contributed by atoms with Crippen LogP contribution < -0.4 is 10.1 Å². The fourth-order valence-electron chi connectivity index (χ4n) is 2.78. The van der Waals surface area contributed by atoms with E-state index in [2.05, 4.69) is 10.3 Å². The Morgan fingerprint density at radius 2 is 2.08 bits per heavy atom. The third kappa shape index (κ3) is 4.10. The summed E-state index contributed by atoms with van der Waals surface area (Å²) in [4.78, 5) is 24.6. The number of H-pyrrole nitrogens is 1. The average molecular weight is 355 g/mol. The van der Waals surface area contributed by atoms with Crippen molar-refractivity contribution in [3.05, 3.63) is 70.4 Å². The van der Waals surface area contributed by atoms with Crippen molar-refractivity contribution < 1.29 is 19.6 Å². The van der Waals surface area contributed by atoms with E-state index in [0.717, 1.165) is 16.5 Å². The zero-order chi connectivity index (χ0) is 18.5. The molecule has 3 rings (SSSR count). The molecular weight excluding hydrogens is 338 g/mol. The molecule has 0 spiro atoms. The quantitative estimate of drug-likeness (QED) is 0.444. The van der Waals surface area contributed by atoms with Gasteiger partial charge in [-0.05, 0) is 24.1 Å². The van der Waals surface area contributed by atoms with Crippen LogP contribution in [0.25, 0.3) is 10.9 Å². The van der Waals surface area contributed by atoms with E-state index >= 15 is 0 Å². The highest BCUT2D eigenvalue weighted by Crippen LogP contribution is 2.21. The summed E-state index contributed by atoms with van der Waals surface area (Å²) < 4.78 is 5.58. The van der Waals surface area contributed by atoms with Gasteiger partial charge in [-0.1, -0.05) is 24.3 Å². The molecule has 8 nitrogen and oxygen atoms in total. The van der Waals surface area contributed by atoms with Crippen molar-refractivity contribution >= 4 is 22.7 Å². The first-order chi connectivity index (χ1) is 12.5. The van der Waals surface area contributed by atoms with Gasteiger partial charge in [0.1, 0.15) is 12.4 Å². The van der Waals surface area contributed by atoms with Crippen LogP contribution in [0, 0.1) is 10.1 Å². The second kappa shape index (κ2) is 7.56. The number of rotatable bonds is 7. The molecule has 1 heterocycles. The Kier molecular flexibility index (Phi) is 5.02. The number of carbonyl (C=O) groups is 1. The molecule has 0 aliphatic rings. The fraction of sp³-hybridized carbons (Fsp3) is 0.167. The van der Waals surface area contributed by atoms with Crippen LogP contribution in [-0.4, -0.2) is 33.8 Å². The Hall–Kier alpha value is -3.55. The molecule has 0 aliphatic heterocycles. The van der Waals surface area contributed by atoms with E-state index in [1.165, 1.54) is 18.2 Å². The third-order valence-electron chi connectivity index (χ3n) is 3.95. The topological polar surface area (TPSA) is 117 Å². The maximum Gasteiger partial charge on any atom is 0.405 e. The van der Waals surface area contributed by atoms with E-state index in [1.807, 2.05) is 30.5 Å². The Labute approximate surface area is 148 Å². The molecule has 0 bridgehead atoms. The van der Waals surface area contributed by atoms with Gasteiger partial charge in [0.25, 0.3) is 5.69 Å². The normalized spacial score (nSPS) is 11.8. The number of non-ortho nitro benzene ring substituents is 1. The van der Waals surface area contributed by atoms with E-state index in [-0.39, 0.29) is 12.3 Å². The zero-order valence-electron chi connectivity index (χ0n) is 13.7. The molecule has 134 valence electrons. The minimum Gasteiger partial charge on any atom is -0.491 e. The highest BCUT2D eigenvalue weighted by atomic mass is 16.6. The van der Waals surface area contributed by atoms with Gasteiger partial charge in [0.05, 0.1) is 17.0 Å². The van der Waals surface area contributed by atoms with Crippen LogP contribution >= 0.6 is 0 Å². The summed E-state index contributed by atoms with van der Waals surface area (Å²) in [6.45, 7) is 0.0486. The number of fused-ring (bicyclic) bond motifs is 1. The van der Waals surface area contributed by atoms with E-state index in [9.17, 15) is 14.9 Å². The van der Waals surface area contributed by atoms with Crippen LogP contribution in [0.5, 0.6) is 5.75 Å².